The predicted octanol–water partition coefficient (Wildman–Crippen LogP) is 3.90. The zero-order valence-electron chi connectivity index (χ0n) is 19.4. The van der Waals surface area contributed by atoms with Gasteiger partial charge in [-0.25, -0.2) is 15.0 Å². The highest BCUT2D eigenvalue weighted by Crippen LogP contribution is 2.34. The molecule has 0 bridgehead atoms. The van der Waals surface area contributed by atoms with Gasteiger partial charge < -0.3 is 20.9 Å². The Bertz CT molecular complexity index is 1430. The zero-order chi connectivity index (χ0) is 26.2. The van der Waals surface area contributed by atoms with Crippen molar-refractivity contribution in [3.05, 3.63) is 71.9 Å². The number of amides is 1. The molecule has 4 aromatic rings. The minimum atomic E-state index is -4.54. The fourth-order valence-electron chi connectivity index (χ4n) is 4.37. The second-order valence-corrected chi connectivity index (χ2v) is 8.72. The van der Waals surface area contributed by atoms with E-state index in [1.807, 2.05) is 4.40 Å². The fraction of sp³-hybridized carbons (Fsp3) is 0.280. The Labute approximate surface area is 209 Å². The van der Waals surface area contributed by atoms with Crippen molar-refractivity contribution < 1.29 is 27.8 Å². The van der Waals surface area contributed by atoms with Crippen molar-refractivity contribution in [2.45, 2.75) is 31.0 Å². The van der Waals surface area contributed by atoms with E-state index in [4.69, 9.17) is 15.5 Å². The fourth-order valence-corrected chi connectivity index (χ4v) is 4.37. The molecule has 2 atom stereocenters. The van der Waals surface area contributed by atoms with Crippen LogP contribution in [-0.2, 0) is 10.9 Å². The van der Waals surface area contributed by atoms with E-state index in [0.717, 1.165) is 30.6 Å². The maximum atomic E-state index is 12.9. The number of carbonyl (C=O) groups is 1. The van der Waals surface area contributed by atoms with Gasteiger partial charge in [0, 0.05) is 35.6 Å². The molecule has 4 heterocycles. The molecule has 0 saturated carbocycles. The first-order valence-corrected chi connectivity index (χ1v) is 11.5. The van der Waals surface area contributed by atoms with Crippen LogP contribution in [0.4, 0.5) is 24.8 Å². The molecular formula is C25H23F3N6O3. The summed E-state index contributed by atoms with van der Waals surface area (Å²) < 4.78 is 46.5. The molecule has 192 valence electrons. The Hall–Kier alpha value is -4.03. The van der Waals surface area contributed by atoms with Crippen LogP contribution in [0, 0.1) is 0 Å². The smallest absolute Gasteiger partial charge is 0.394 e. The molecule has 5 rings (SSSR count). The van der Waals surface area contributed by atoms with E-state index in [2.05, 4.69) is 15.3 Å². The topological polar surface area (TPSA) is 128 Å². The Morgan fingerprint density at radius 1 is 1.16 bits per heavy atom. The third kappa shape index (κ3) is 4.98. The normalized spacial score (nSPS) is 18.2. The van der Waals surface area contributed by atoms with Crippen LogP contribution in [0.5, 0.6) is 0 Å². The number of nitrogens with zero attached hydrogens (tertiary/aromatic N) is 4. The molecular weight excluding hydrogens is 489 g/mol. The van der Waals surface area contributed by atoms with Crippen molar-refractivity contribution in [3.63, 3.8) is 0 Å². The number of nitrogens with one attached hydrogen (secondary N) is 1. The number of anilines is 2. The molecule has 1 saturated heterocycles. The molecule has 0 spiro atoms. The van der Waals surface area contributed by atoms with Crippen molar-refractivity contribution in [3.8, 4) is 11.3 Å². The molecule has 4 N–H and O–H groups in total. The van der Waals surface area contributed by atoms with E-state index >= 15 is 0 Å². The van der Waals surface area contributed by atoms with Crippen LogP contribution in [0.15, 0.2) is 55.0 Å². The SMILES string of the molecule is Nc1nccn2c([C@@H]3CC[C@H](CO)OC3)nc(-c3ccc(C(=O)Nc4cc(C(F)(F)F)ccn4)cc3)c12. The number of fused-ring (bicyclic) bond motifs is 1. The number of rotatable bonds is 5. The summed E-state index contributed by atoms with van der Waals surface area (Å²) in [4.78, 5) is 25.5. The maximum absolute atomic E-state index is 12.9. The summed E-state index contributed by atoms with van der Waals surface area (Å²) in [7, 11) is 0. The summed E-state index contributed by atoms with van der Waals surface area (Å²) in [5.74, 6) is 0.237. The quantitative estimate of drug-likeness (QED) is 0.370. The van der Waals surface area contributed by atoms with Crippen LogP contribution in [0.25, 0.3) is 16.8 Å². The summed E-state index contributed by atoms with van der Waals surface area (Å²) in [5.41, 5.74) is 7.41. The third-order valence-electron chi connectivity index (χ3n) is 6.30. The van der Waals surface area contributed by atoms with E-state index in [1.165, 1.54) is 0 Å². The van der Waals surface area contributed by atoms with Gasteiger partial charge in [-0.15, -0.1) is 0 Å². The summed E-state index contributed by atoms with van der Waals surface area (Å²) in [6.07, 6.45) is 1.12. The molecule has 0 unspecified atom stereocenters. The summed E-state index contributed by atoms with van der Waals surface area (Å²) in [6.45, 7) is 0.385. The third-order valence-corrected chi connectivity index (χ3v) is 6.30. The lowest BCUT2D eigenvalue weighted by Crippen LogP contribution is -2.28. The average Bonchev–Trinajstić information content (AvgIpc) is 3.29. The van der Waals surface area contributed by atoms with Gasteiger partial charge >= 0.3 is 6.18 Å². The number of pyridine rings is 1. The second kappa shape index (κ2) is 9.79. The van der Waals surface area contributed by atoms with E-state index in [0.29, 0.717) is 35.6 Å². The highest BCUT2D eigenvalue weighted by molar-refractivity contribution is 6.04. The molecule has 0 radical (unpaired) electrons. The van der Waals surface area contributed by atoms with Crippen LogP contribution in [-0.4, -0.2) is 49.7 Å². The maximum Gasteiger partial charge on any atom is 0.416 e. The van der Waals surface area contributed by atoms with Crippen LogP contribution >= 0.6 is 0 Å². The van der Waals surface area contributed by atoms with Crippen LogP contribution in [0.2, 0.25) is 0 Å². The average molecular weight is 512 g/mol. The first kappa shape index (κ1) is 24.7. The van der Waals surface area contributed by atoms with Gasteiger partial charge in [0.15, 0.2) is 0 Å². The minimum absolute atomic E-state index is 0.00383. The van der Waals surface area contributed by atoms with Crippen molar-refractivity contribution in [2.24, 2.45) is 0 Å². The Kier molecular flexibility index (Phi) is 6.52. The first-order chi connectivity index (χ1) is 17.7. The zero-order valence-corrected chi connectivity index (χ0v) is 19.4. The molecule has 0 aliphatic carbocycles. The molecule has 1 amide bonds. The van der Waals surface area contributed by atoms with Crippen LogP contribution in [0.1, 0.15) is 40.5 Å². The highest BCUT2D eigenvalue weighted by atomic mass is 19.4. The van der Waals surface area contributed by atoms with Crippen molar-refractivity contribution >= 4 is 23.1 Å². The van der Waals surface area contributed by atoms with Crippen molar-refractivity contribution in [2.75, 3.05) is 24.3 Å². The van der Waals surface area contributed by atoms with Gasteiger partial charge in [-0.2, -0.15) is 13.2 Å². The molecule has 12 heteroatoms. The number of ether oxygens (including phenoxy) is 1. The van der Waals surface area contributed by atoms with Crippen LogP contribution < -0.4 is 11.1 Å². The monoisotopic (exact) mass is 512 g/mol. The van der Waals surface area contributed by atoms with E-state index in [9.17, 15) is 23.1 Å². The predicted molar refractivity (Wildman–Crippen MR) is 129 cm³/mol. The number of benzene rings is 1. The minimum Gasteiger partial charge on any atom is -0.394 e. The van der Waals surface area contributed by atoms with E-state index in [1.54, 1.807) is 36.7 Å². The van der Waals surface area contributed by atoms with Gasteiger partial charge in [0.2, 0.25) is 0 Å². The number of hydrogen-bond acceptors (Lipinski definition) is 7. The number of halogens is 3. The Morgan fingerprint density at radius 2 is 1.95 bits per heavy atom. The molecule has 1 aromatic carbocycles. The van der Waals surface area contributed by atoms with E-state index < -0.39 is 17.6 Å². The van der Waals surface area contributed by atoms with Gasteiger partial charge in [0.25, 0.3) is 5.91 Å². The number of nitrogen functional groups attached to an aromatic ring is 1. The Balaban J connectivity index is 1.41. The second-order valence-electron chi connectivity index (χ2n) is 8.72. The highest BCUT2D eigenvalue weighted by Gasteiger charge is 2.31. The summed E-state index contributed by atoms with van der Waals surface area (Å²) in [6, 6.07) is 8.08. The number of aliphatic hydroxyl groups is 1. The number of alkyl halides is 3. The molecule has 1 aliphatic heterocycles. The molecule has 9 nitrogen and oxygen atoms in total. The van der Waals surface area contributed by atoms with Gasteiger partial charge in [-0.05, 0) is 37.1 Å². The first-order valence-electron chi connectivity index (χ1n) is 11.5. The molecule has 1 aliphatic rings. The molecule has 3 aromatic heterocycles. The summed E-state index contributed by atoms with van der Waals surface area (Å²) in [5, 5.41) is 11.7. The van der Waals surface area contributed by atoms with Crippen LogP contribution in [0.3, 0.4) is 0 Å². The van der Waals surface area contributed by atoms with Gasteiger partial charge in [-0.1, -0.05) is 12.1 Å². The van der Waals surface area contributed by atoms with Crippen molar-refractivity contribution in [1.29, 1.82) is 0 Å². The molecule has 37 heavy (non-hydrogen) atoms. The number of imidazole rings is 1. The van der Waals surface area contributed by atoms with E-state index in [-0.39, 0.29) is 30.0 Å². The number of nitrogens with two attached hydrogens (primary N) is 1. The molecule has 1 fully saturated rings. The summed E-state index contributed by atoms with van der Waals surface area (Å²) >= 11 is 0. The number of hydrogen-bond donors (Lipinski definition) is 3. The standard InChI is InChI=1S/C25H23F3N6O3/c26-25(27,28)17-7-8-30-19(11-17)32-24(36)15-3-1-14(2-4-15)20-21-22(29)31-9-10-34(21)23(33-20)16-5-6-18(12-35)37-13-16/h1-4,7-11,16,18,35H,5-6,12-13H2,(H2,29,31)(H,30,32,36)/t16-,18-/m1/s1. The largest absolute Gasteiger partial charge is 0.416 e. The Morgan fingerprint density at radius 3 is 2.62 bits per heavy atom. The number of aliphatic hydroxyl groups excluding tert-OH is 1. The lowest BCUT2D eigenvalue weighted by molar-refractivity contribution is -0.137. The van der Waals surface area contributed by atoms with Gasteiger partial charge in [0.1, 0.15) is 28.7 Å². The number of aromatic nitrogens is 4. The lowest BCUT2D eigenvalue weighted by atomic mass is 9.98. The van der Waals surface area contributed by atoms with Crippen molar-refractivity contribution in [1.82, 2.24) is 19.4 Å². The number of carbonyl (C=O) groups excluding carboxylic acids is 1. The van der Waals surface area contributed by atoms with Gasteiger partial charge in [-0.3, -0.25) is 9.20 Å². The van der Waals surface area contributed by atoms with Gasteiger partial charge in [0.05, 0.1) is 24.9 Å². The lowest BCUT2D eigenvalue weighted by Gasteiger charge is -2.27.